The second kappa shape index (κ2) is 9.12. The molecule has 1 N–H and O–H groups in total. The largest absolute Gasteiger partial charge is 0.352 e. The molecular weight excluding hydrogens is 403 g/mol. The number of benzene rings is 1. The second-order valence-electron chi connectivity index (χ2n) is 7.84. The molecule has 8 heteroatoms. The summed E-state index contributed by atoms with van der Waals surface area (Å²) in [5.74, 6) is -0.212. The van der Waals surface area contributed by atoms with Crippen LogP contribution in [0.3, 0.4) is 0 Å². The molecule has 2 heterocycles. The molecule has 2 aromatic rings. The van der Waals surface area contributed by atoms with Gasteiger partial charge in [-0.1, -0.05) is 25.1 Å². The molecule has 6 nitrogen and oxygen atoms in total. The lowest BCUT2D eigenvalue weighted by molar-refractivity contribution is -0.131. The van der Waals surface area contributed by atoms with Crippen LogP contribution in [-0.4, -0.2) is 47.9 Å². The summed E-state index contributed by atoms with van der Waals surface area (Å²) in [5.41, 5.74) is 1.60. The quantitative estimate of drug-likeness (QED) is 0.792. The van der Waals surface area contributed by atoms with Crippen molar-refractivity contribution in [1.82, 2.24) is 15.2 Å². The Bertz CT molecular complexity index is 924. The number of nitrogens with one attached hydrogen (secondary N) is 1. The van der Waals surface area contributed by atoms with Gasteiger partial charge in [0.25, 0.3) is 0 Å². The Morgan fingerprint density at radius 3 is 2.73 bits per heavy atom. The number of aromatic nitrogens is 1. The zero-order valence-corrected chi connectivity index (χ0v) is 18.0. The Morgan fingerprint density at radius 1 is 1.23 bits per heavy atom. The van der Waals surface area contributed by atoms with Crippen molar-refractivity contribution in [2.45, 2.75) is 39.2 Å². The molecule has 2 aliphatic rings. The normalized spacial score (nSPS) is 18.8. The van der Waals surface area contributed by atoms with E-state index in [0.29, 0.717) is 18.4 Å². The molecular formula is C22H27FN4O2S. The molecule has 0 unspecified atom stereocenters. The number of amides is 2. The molecule has 2 amide bonds. The lowest BCUT2D eigenvalue weighted by Crippen LogP contribution is -2.48. The minimum absolute atomic E-state index is 0.0226. The van der Waals surface area contributed by atoms with Crippen LogP contribution in [0.15, 0.2) is 24.3 Å². The number of nitrogens with zero attached hydrogens (tertiary/aromatic N) is 3. The third-order valence-electron chi connectivity index (χ3n) is 5.92. The molecule has 30 heavy (non-hydrogen) atoms. The van der Waals surface area contributed by atoms with Gasteiger partial charge in [0.15, 0.2) is 5.13 Å². The summed E-state index contributed by atoms with van der Waals surface area (Å²) in [7, 11) is 0. The van der Waals surface area contributed by atoms with Gasteiger partial charge in [0, 0.05) is 55.5 Å². The summed E-state index contributed by atoms with van der Waals surface area (Å²) >= 11 is 1.67. The summed E-state index contributed by atoms with van der Waals surface area (Å²) < 4.78 is 13.8. The number of fused-ring (bicyclic) bond motifs is 1. The summed E-state index contributed by atoms with van der Waals surface area (Å²) in [6, 6.07) is 6.52. The number of rotatable bonds is 5. The van der Waals surface area contributed by atoms with Crippen molar-refractivity contribution in [3.05, 3.63) is 46.2 Å². The van der Waals surface area contributed by atoms with Gasteiger partial charge in [0.05, 0.1) is 5.69 Å². The van der Waals surface area contributed by atoms with E-state index in [0.717, 1.165) is 49.8 Å². The number of hydrogen-bond donors (Lipinski definition) is 1. The molecule has 1 aromatic heterocycles. The van der Waals surface area contributed by atoms with E-state index in [2.05, 4.69) is 10.2 Å². The van der Waals surface area contributed by atoms with Crippen LogP contribution in [0, 0.1) is 11.7 Å². The maximum Gasteiger partial charge on any atom is 0.223 e. The fourth-order valence-electron chi connectivity index (χ4n) is 4.06. The Balaban J connectivity index is 1.33. The molecule has 4 rings (SSSR count). The van der Waals surface area contributed by atoms with Crippen LogP contribution in [0.25, 0.3) is 0 Å². The average molecular weight is 431 g/mol. The van der Waals surface area contributed by atoms with Gasteiger partial charge < -0.3 is 15.1 Å². The average Bonchev–Trinajstić information content (AvgIpc) is 3.21. The molecule has 0 spiro atoms. The third-order valence-corrected chi connectivity index (χ3v) is 7.10. The van der Waals surface area contributed by atoms with Gasteiger partial charge in [-0.05, 0) is 25.3 Å². The van der Waals surface area contributed by atoms with Crippen LogP contribution in [0.2, 0.25) is 0 Å². The Morgan fingerprint density at radius 2 is 2.00 bits per heavy atom. The SMILES string of the molecule is CCC(=O)N1CCN(c2nc3c(s2)C[C@H](C(=O)NCc2ccccc2F)CC3)CC1. The van der Waals surface area contributed by atoms with Crippen molar-refractivity contribution in [1.29, 1.82) is 0 Å². The van der Waals surface area contributed by atoms with Crippen LogP contribution in [-0.2, 0) is 29.0 Å². The van der Waals surface area contributed by atoms with Crippen molar-refractivity contribution in [2.75, 3.05) is 31.1 Å². The summed E-state index contributed by atoms with van der Waals surface area (Å²) in [6.45, 7) is 5.17. The molecule has 160 valence electrons. The van der Waals surface area contributed by atoms with Gasteiger partial charge in [-0.15, -0.1) is 11.3 Å². The van der Waals surface area contributed by atoms with E-state index >= 15 is 0 Å². The van der Waals surface area contributed by atoms with Crippen LogP contribution >= 0.6 is 11.3 Å². The first-order valence-electron chi connectivity index (χ1n) is 10.6. The lowest BCUT2D eigenvalue weighted by Gasteiger charge is -2.34. The van der Waals surface area contributed by atoms with Crippen LogP contribution < -0.4 is 10.2 Å². The smallest absolute Gasteiger partial charge is 0.223 e. The predicted octanol–water partition coefficient (Wildman–Crippen LogP) is 2.76. The Hall–Kier alpha value is -2.48. The van der Waals surface area contributed by atoms with Gasteiger partial charge in [-0.2, -0.15) is 0 Å². The van der Waals surface area contributed by atoms with Crippen LogP contribution in [0.5, 0.6) is 0 Å². The number of halogens is 1. The van der Waals surface area contributed by atoms with Crippen LogP contribution in [0.1, 0.15) is 35.9 Å². The highest BCUT2D eigenvalue weighted by molar-refractivity contribution is 7.15. The van der Waals surface area contributed by atoms with Crippen molar-refractivity contribution in [3.63, 3.8) is 0 Å². The van der Waals surface area contributed by atoms with E-state index in [4.69, 9.17) is 4.98 Å². The van der Waals surface area contributed by atoms with E-state index in [9.17, 15) is 14.0 Å². The molecule has 1 aromatic carbocycles. The zero-order chi connectivity index (χ0) is 21.1. The van der Waals surface area contributed by atoms with Gasteiger partial charge in [0.2, 0.25) is 11.8 Å². The molecule has 1 saturated heterocycles. The minimum atomic E-state index is -0.295. The number of thiazole rings is 1. The monoisotopic (exact) mass is 430 g/mol. The number of aryl methyl sites for hydroxylation is 1. The van der Waals surface area contributed by atoms with Gasteiger partial charge in [0.1, 0.15) is 5.82 Å². The zero-order valence-electron chi connectivity index (χ0n) is 17.2. The number of carbonyl (C=O) groups is 2. The highest BCUT2D eigenvalue weighted by Gasteiger charge is 2.29. The molecule has 1 aliphatic carbocycles. The maximum absolute atomic E-state index is 13.8. The van der Waals surface area contributed by atoms with E-state index in [1.165, 1.54) is 10.9 Å². The Labute approximate surface area is 180 Å². The molecule has 0 bridgehead atoms. The van der Waals surface area contributed by atoms with Gasteiger partial charge >= 0.3 is 0 Å². The van der Waals surface area contributed by atoms with Gasteiger partial charge in [-0.3, -0.25) is 9.59 Å². The highest BCUT2D eigenvalue weighted by Crippen LogP contribution is 2.34. The van der Waals surface area contributed by atoms with Crippen molar-refractivity contribution < 1.29 is 14.0 Å². The molecule has 1 fully saturated rings. The molecule has 0 saturated carbocycles. The second-order valence-corrected chi connectivity index (χ2v) is 8.90. The van der Waals surface area contributed by atoms with E-state index in [1.54, 1.807) is 29.5 Å². The van der Waals surface area contributed by atoms with E-state index in [1.807, 2.05) is 11.8 Å². The number of piperazine rings is 1. The third kappa shape index (κ3) is 4.48. The first-order valence-corrected chi connectivity index (χ1v) is 11.4. The van der Waals surface area contributed by atoms with Crippen molar-refractivity contribution >= 4 is 28.3 Å². The summed E-state index contributed by atoms with van der Waals surface area (Å²) in [5, 5.41) is 3.89. The fraction of sp³-hybridized carbons (Fsp3) is 0.500. The maximum atomic E-state index is 13.8. The molecule has 1 aliphatic heterocycles. The topological polar surface area (TPSA) is 65.5 Å². The van der Waals surface area contributed by atoms with E-state index < -0.39 is 0 Å². The number of carbonyl (C=O) groups excluding carboxylic acids is 2. The fourth-order valence-corrected chi connectivity index (χ4v) is 5.30. The molecule has 1 atom stereocenters. The number of hydrogen-bond acceptors (Lipinski definition) is 5. The van der Waals surface area contributed by atoms with Gasteiger partial charge in [-0.25, -0.2) is 9.37 Å². The lowest BCUT2D eigenvalue weighted by atomic mass is 9.90. The first-order chi connectivity index (χ1) is 14.5. The highest BCUT2D eigenvalue weighted by atomic mass is 32.1. The minimum Gasteiger partial charge on any atom is -0.352 e. The standard InChI is InChI=1S/C22H27FN4O2S/c1-2-20(28)26-9-11-27(12-10-26)22-25-18-8-7-15(13-19(18)30-22)21(29)24-14-16-5-3-4-6-17(16)23/h3-6,15H,2,7-14H2,1H3,(H,24,29)/t15-/m1/s1. The van der Waals surface area contributed by atoms with E-state index in [-0.39, 0.29) is 30.1 Å². The van der Waals surface area contributed by atoms with Crippen molar-refractivity contribution in [2.24, 2.45) is 5.92 Å². The van der Waals surface area contributed by atoms with Crippen LogP contribution in [0.4, 0.5) is 9.52 Å². The molecule has 0 radical (unpaired) electrons. The van der Waals surface area contributed by atoms with Crippen molar-refractivity contribution in [3.8, 4) is 0 Å². The summed E-state index contributed by atoms with van der Waals surface area (Å²) in [6.07, 6.45) is 2.78. The number of anilines is 1. The predicted molar refractivity (Wildman–Crippen MR) is 115 cm³/mol. The first kappa shape index (κ1) is 20.8. The summed E-state index contributed by atoms with van der Waals surface area (Å²) in [4.78, 5) is 34.7. The Kier molecular flexibility index (Phi) is 6.32.